The Hall–Kier alpha value is -2.75. The molecule has 0 N–H and O–H groups in total. The number of rotatable bonds is 1. The number of hydrogen-bond acceptors (Lipinski definition) is 4. The van der Waals surface area contributed by atoms with Gasteiger partial charge in [-0.1, -0.05) is 23.8 Å². The smallest absolute Gasteiger partial charge is 0.192 e. The Morgan fingerprint density at radius 3 is 2.65 bits per heavy atom. The van der Waals surface area contributed by atoms with Gasteiger partial charge in [0, 0.05) is 23.6 Å². The monoisotopic (exact) mass is 305 g/mol. The average Bonchev–Trinajstić information content (AvgIpc) is 2.92. The number of aliphatic imine (C=N–C) groups is 1. The number of nitrogens with zero attached hydrogens (tertiary/aromatic N) is 1. The lowest BCUT2D eigenvalue weighted by molar-refractivity contribution is -0.112. The standard InChI is InChI=1S/C19H15NO3/c1-9-4-5-12-11(6-9)7-14(22)19-16(12)17-13(21)8-15(23-3)10(2)18(17)20-19/h4-6,8H,7H2,1-3H3. The van der Waals surface area contributed by atoms with Gasteiger partial charge >= 0.3 is 0 Å². The highest BCUT2D eigenvalue weighted by Crippen LogP contribution is 2.42. The van der Waals surface area contributed by atoms with Crippen LogP contribution in [0.5, 0.6) is 0 Å². The van der Waals surface area contributed by atoms with Crippen LogP contribution in [0.4, 0.5) is 0 Å². The second-order valence-corrected chi connectivity index (χ2v) is 6.02. The summed E-state index contributed by atoms with van der Waals surface area (Å²) in [7, 11) is 1.53. The molecular formula is C19H15NO3. The van der Waals surface area contributed by atoms with E-state index in [1.807, 2.05) is 32.0 Å². The highest BCUT2D eigenvalue weighted by molar-refractivity contribution is 6.61. The molecule has 1 heterocycles. The first-order valence-electron chi connectivity index (χ1n) is 7.49. The number of carbonyl (C=O) groups is 2. The van der Waals surface area contributed by atoms with Crippen molar-refractivity contribution in [3.05, 3.63) is 63.6 Å². The summed E-state index contributed by atoms with van der Waals surface area (Å²) in [6.07, 6.45) is 1.81. The van der Waals surface area contributed by atoms with Crippen molar-refractivity contribution >= 4 is 22.9 Å². The number of hydrogen-bond donors (Lipinski definition) is 0. The fourth-order valence-corrected chi connectivity index (χ4v) is 3.43. The van der Waals surface area contributed by atoms with Crippen LogP contribution < -0.4 is 0 Å². The first kappa shape index (κ1) is 13.9. The van der Waals surface area contributed by atoms with Gasteiger partial charge in [0.1, 0.15) is 11.5 Å². The number of ketones is 2. The van der Waals surface area contributed by atoms with Crippen molar-refractivity contribution in [3.8, 4) is 0 Å². The molecule has 23 heavy (non-hydrogen) atoms. The molecule has 4 heteroatoms. The molecule has 1 aromatic rings. The lowest BCUT2D eigenvalue weighted by Crippen LogP contribution is -2.24. The highest BCUT2D eigenvalue weighted by atomic mass is 16.5. The quantitative estimate of drug-likeness (QED) is 0.801. The number of Topliss-reactive ketones (excluding diaryl/α,β-unsaturated/α-hetero) is 1. The van der Waals surface area contributed by atoms with E-state index in [1.165, 1.54) is 13.2 Å². The SMILES string of the molecule is COC1=CC(=O)C2=C3C(=NC2=C1C)C(=O)Cc1cc(C)ccc13. The van der Waals surface area contributed by atoms with Gasteiger partial charge in [-0.25, -0.2) is 4.99 Å². The van der Waals surface area contributed by atoms with E-state index in [2.05, 4.69) is 4.99 Å². The summed E-state index contributed by atoms with van der Waals surface area (Å²) in [4.78, 5) is 29.6. The van der Waals surface area contributed by atoms with Crippen molar-refractivity contribution in [2.75, 3.05) is 7.11 Å². The number of methoxy groups -OCH3 is 1. The Bertz CT molecular complexity index is 926. The molecule has 0 amide bonds. The molecule has 2 aliphatic carbocycles. The van der Waals surface area contributed by atoms with E-state index in [1.54, 1.807) is 0 Å². The molecule has 0 unspecified atom stereocenters. The topological polar surface area (TPSA) is 55.7 Å². The minimum Gasteiger partial charge on any atom is -0.496 e. The predicted molar refractivity (Wildman–Crippen MR) is 87.0 cm³/mol. The first-order chi connectivity index (χ1) is 11.0. The van der Waals surface area contributed by atoms with Gasteiger partial charge in [0.2, 0.25) is 0 Å². The van der Waals surface area contributed by atoms with Crippen LogP contribution in [-0.2, 0) is 20.7 Å². The summed E-state index contributed by atoms with van der Waals surface area (Å²) in [6.45, 7) is 3.86. The maximum Gasteiger partial charge on any atom is 0.192 e. The summed E-state index contributed by atoms with van der Waals surface area (Å²) in [5.41, 5.74) is 5.98. The van der Waals surface area contributed by atoms with E-state index >= 15 is 0 Å². The minimum absolute atomic E-state index is 0.0351. The molecule has 0 saturated carbocycles. The normalized spacial score (nSPS) is 19.3. The Balaban J connectivity index is 2.05. The zero-order valence-electron chi connectivity index (χ0n) is 13.2. The maximum absolute atomic E-state index is 12.6. The summed E-state index contributed by atoms with van der Waals surface area (Å²) in [5, 5.41) is 0. The molecule has 3 aliphatic rings. The van der Waals surface area contributed by atoms with E-state index in [0.717, 1.165) is 22.3 Å². The summed E-state index contributed by atoms with van der Waals surface area (Å²) in [5.74, 6) is 0.318. The summed E-state index contributed by atoms with van der Waals surface area (Å²) < 4.78 is 5.25. The fraction of sp³-hybridized carbons (Fsp3) is 0.211. The number of carbonyl (C=O) groups excluding carboxylic acids is 2. The zero-order valence-corrected chi connectivity index (χ0v) is 13.2. The summed E-state index contributed by atoms with van der Waals surface area (Å²) >= 11 is 0. The third-order valence-electron chi connectivity index (χ3n) is 4.55. The van der Waals surface area contributed by atoms with Crippen LogP contribution in [0, 0.1) is 6.92 Å². The molecule has 0 radical (unpaired) electrons. The number of allylic oxidation sites excluding steroid dienone is 4. The third-order valence-corrected chi connectivity index (χ3v) is 4.55. The molecule has 0 aromatic heterocycles. The van der Waals surface area contributed by atoms with Gasteiger partial charge < -0.3 is 4.74 Å². The lowest BCUT2D eigenvalue weighted by Gasteiger charge is -2.20. The molecule has 4 nitrogen and oxygen atoms in total. The van der Waals surface area contributed by atoms with E-state index in [4.69, 9.17) is 4.74 Å². The molecule has 0 spiro atoms. The number of ether oxygens (including phenoxy) is 1. The number of aryl methyl sites for hydroxylation is 1. The van der Waals surface area contributed by atoms with Crippen LogP contribution in [-0.4, -0.2) is 24.4 Å². The molecule has 1 aromatic carbocycles. The predicted octanol–water partition coefficient (Wildman–Crippen LogP) is 2.72. The van der Waals surface area contributed by atoms with Crippen LogP contribution in [0.3, 0.4) is 0 Å². The van der Waals surface area contributed by atoms with Crippen LogP contribution >= 0.6 is 0 Å². The second kappa shape index (κ2) is 4.62. The summed E-state index contributed by atoms with van der Waals surface area (Å²) in [6, 6.07) is 5.99. The van der Waals surface area contributed by atoms with Crippen molar-refractivity contribution in [2.45, 2.75) is 20.3 Å². The van der Waals surface area contributed by atoms with Gasteiger partial charge in [-0.2, -0.15) is 0 Å². The van der Waals surface area contributed by atoms with Crippen molar-refractivity contribution in [2.24, 2.45) is 4.99 Å². The average molecular weight is 305 g/mol. The third kappa shape index (κ3) is 1.81. The van der Waals surface area contributed by atoms with Gasteiger partial charge in [0.15, 0.2) is 11.6 Å². The largest absolute Gasteiger partial charge is 0.496 e. The molecule has 0 bridgehead atoms. The lowest BCUT2D eigenvalue weighted by atomic mass is 9.81. The van der Waals surface area contributed by atoms with E-state index in [9.17, 15) is 9.59 Å². The van der Waals surface area contributed by atoms with Gasteiger partial charge in [-0.3, -0.25) is 9.59 Å². The number of fused-ring (bicyclic) bond motifs is 4. The van der Waals surface area contributed by atoms with E-state index in [0.29, 0.717) is 34.7 Å². The Morgan fingerprint density at radius 2 is 1.91 bits per heavy atom. The molecule has 0 saturated heterocycles. The van der Waals surface area contributed by atoms with E-state index < -0.39 is 0 Å². The molecular weight excluding hydrogens is 290 g/mol. The van der Waals surface area contributed by atoms with Gasteiger partial charge in [0.25, 0.3) is 0 Å². The van der Waals surface area contributed by atoms with E-state index in [-0.39, 0.29) is 11.6 Å². The molecule has 4 rings (SSSR count). The van der Waals surface area contributed by atoms with Crippen LogP contribution in [0.2, 0.25) is 0 Å². The van der Waals surface area contributed by atoms with Gasteiger partial charge in [-0.15, -0.1) is 0 Å². The van der Waals surface area contributed by atoms with Crippen molar-refractivity contribution < 1.29 is 14.3 Å². The van der Waals surface area contributed by atoms with Crippen LogP contribution in [0.1, 0.15) is 23.6 Å². The van der Waals surface area contributed by atoms with Crippen LogP contribution in [0.15, 0.2) is 51.9 Å². The Kier molecular flexibility index (Phi) is 2.79. The van der Waals surface area contributed by atoms with Gasteiger partial charge in [-0.05, 0) is 25.0 Å². The highest BCUT2D eigenvalue weighted by Gasteiger charge is 2.39. The molecule has 114 valence electrons. The van der Waals surface area contributed by atoms with Crippen molar-refractivity contribution in [1.82, 2.24) is 0 Å². The minimum atomic E-state index is -0.155. The Labute approximate surface area is 133 Å². The maximum atomic E-state index is 12.6. The Morgan fingerprint density at radius 1 is 1.13 bits per heavy atom. The van der Waals surface area contributed by atoms with Crippen molar-refractivity contribution in [3.63, 3.8) is 0 Å². The number of benzene rings is 1. The van der Waals surface area contributed by atoms with Crippen LogP contribution in [0.25, 0.3) is 5.57 Å². The zero-order chi connectivity index (χ0) is 16.3. The first-order valence-corrected chi connectivity index (χ1v) is 7.49. The van der Waals surface area contributed by atoms with Gasteiger partial charge in [0.05, 0.1) is 18.4 Å². The fourth-order valence-electron chi connectivity index (χ4n) is 3.43. The second-order valence-electron chi connectivity index (χ2n) is 6.02. The molecule has 1 aliphatic heterocycles. The molecule has 0 fully saturated rings. The van der Waals surface area contributed by atoms with Crippen molar-refractivity contribution in [1.29, 1.82) is 0 Å². The molecule has 0 atom stereocenters.